The Morgan fingerprint density at radius 3 is 2.35 bits per heavy atom. The first-order valence-corrected chi connectivity index (χ1v) is 8.32. The highest BCUT2D eigenvalue weighted by Gasteiger charge is 2.36. The molecule has 0 amide bonds. The number of methoxy groups -OCH3 is 1. The van der Waals surface area contributed by atoms with E-state index in [1.807, 2.05) is 6.92 Å². The van der Waals surface area contributed by atoms with Crippen molar-refractivity contribution in [1.82, 2.24) is 5.32 Å². The maximum atomic E-state index is 11.2. The number of hydrogen-bond donors (Lipinski definition) is 2. The molecule has 1 aromatic rings. The van der Waals surface area contributed by atoms with Crippen LogP contribution in [0.4, 0.5) is 0 Å². The molecule has 2 rings (SSSR count). The molecule has 0 radical (unpaired) electrons. The molecule has 1 fully saturated rings. The van der Waals surface area contributed by atoms with E-state index in [1.165, 1.54) is 18.6 Å². The van der Waals surface area contributed by atoms with Crippen molar-refractivity contribution < 1.29 is 13.2 Å². The van der Waals surface area contributed by atoms with Gasteiger partial charge in [-0.3, -0.25) is 0 Å². The van der Waals surface area contributed by atoms with E-state index in [9.17, 15) is 8.42 Å². The molecule has 1 unspecified atom stereocenters. The van der Waals surface area contributed by atoms with Crippen molar-refractivity contribution in [3.8, 4) is 0 Å². The maximum absolute atomic E-state index is 11.2. The van der Waals surface area contributed by atoms with Crippen LogP contribution in [-0.2, 0) is 14.8 Å². The number of sulfonamides is 1. The third-order valence-electron chi connectivity index (χ3n) is 4.14. The first kappa shape index (κ1) is 15.4. The highest BCUT2D eigenvalue weighted by atomic mass is 32.2. The summed E-state index contributed by atoms with van der Waals surface area (Å²) in [5.41, 5.74) is 1.01. The summed E-state index contributed by atoms with van der Waals surface area (Å²) in [7, 11) is -1.86. The van der Waals surface area contributed by atoms with Crippen LogP contribution in [0.1, 0.15) is 37.8 Å². The van der Waals surface area contributed by atoms with Gasteiger partial charge in [-0.05, 0) is 43.9 Å². The Kier molecular flexibility index (Phi) is 4.49. The van der Waals surface area contributed by atoms with Gasteiger partial charge in [0.25, 0.3) is 0 Å². The van der Waals surface area contributed by atoms with Crippen LogP contribution in [0.15, 0.2) is 29.2 Å². The molecule has 0 aromatic heterocycles. The molecule has 0 spiro atoms. The fourth-order valence-corrected chi connectivity index (χ4v) is 2.94. The van der Waals surface area contributed by atoms with Crippen molar-refractivity contribution in [1.29, 1.82) is 0 Å². The number of benzene rings is 1. The van der Waals surface area contributed by atoms with Gasteiger partial charge in [0.2, 0.25) is 10.0 Å². The second-order valence-electron chi connectivity index (χ2n) is 5.46. The van der Waals surface area contributed by atoms with Gasteiger partial charge in [0.05, 0.1) is 10.5 Å². The first-order chi connectivity index (χ1) is 9.36. The predicted molar refractivity (Wildman–Crippen MR) is 77.8 cm³/mol. The van der Waals surface area contributed by atoms with E-state index in [1.54, 1.807) is 19.2 Å². The lowest BCUT2D eigenvalue weighted by atomic mass is 9.80. The standard InChI is InChI=1S/C14H22N2O3S/c1-11(16-10-14(19-2)8-3-9-14)12-4-6-13(7-5-12)20(15,17)18/h4-7,11,16H,3,8-10H2,1-2H3,(H2,15,17,18). The largest absolute Gasteiger partial charge is 0.377 e. The molecule has 0 bridgehead atoms. The second-order valence-corrected chi connectivity index (χ2v) is 7.02. The molecular weight excluding hydrogens is 276 g/mol. The lowest BCUT2D eigenvalue weighted by Gasteiger charge is -2.41. The Morgan fingerprint density at radius 2 is 1.95 bits per heavy atom. The predicted octanol–water partition coefficient (Wildman–Crippen LogP) is 1.55. The van der Waals surface area contributed by atoms with E-state index in [0.29, 0.717) is 0 Å². The van der Waals surface area contributed by atoms with E-state index >= 15 is 0 Å². The summed E-state index contributed by atoms with van der Waals surface area (Å²) in [6.45, 7) is 2.86. The smallest absolute Gasteiger partial charge is 0.238 e. The van der Waals surface area contributed by atoms with Crippen molar-refractivity contribution in [3.63, 3.8) is 0 Å². The number of hydrogen-bond acceptors (Lipinski definition) is 4. The fourth-order valence-electron chi connectivity index (χ4n) is 2.43. The summed E-state index contributed by atoms with van der Waals surface area (Å²) in [6, 6.07) is 6.79. The van der Waals surface area contributed by atoms with Crippen LogP contribution >= 0.6 is 0 Å². The molecule has 1 aromatic carbocycles. The Bertz CT molecular complexity index is 545. The SMILES string of the molecule is COC1(CNC(C)c2ccc(S(N)(=O)=O)cc2)CCC1. The monoisotopic (exact) mass is 298 g/mol. The number of nitrogens with two attached hydrogens (primary N) is 1. The van der Waals surface area contributed by atoms with Gasteiger partial charge in [-0.1, -0.05) is 12.1 Å². The van der Waals surface area contributed by atoms with Crippen molar-refractivity contribution >= 4 is 10.0 Å². The molecule has 112 valence electrons. The lowest BCUT2D eigenvalue weighted by molar-refractivity contribution is -0.0706. The lowest BCUT2D eigenvalue weighted by Crippen LogP contribution is -2.48. The minimum atomic E-state index is -3.62. The van der Waals surface area contributed by atoms with E-state index < -0.39 is 10.0 Å². The molecule has 3 N–H and O–H groups in total. The molecule has 5 nitrogen and oxygen atoms in total. The quantitative estimate of drug-likeness (QED) is 0.835. The van der Waals surface area contributed by atoms with E-state index in [2.05, 4.69) is 5.32 Å². The molecule has 1 saturated carbocycles. The van der Waals surface area contributed by atoms with Crippen molar-refractivity contribution in [2.24, 2.45) is 5.14 Å². The van der Waals surface area contributed by atoms with Gasteiger partial charge < -0.3 is 10.1 Å². The maximum Gasteiger partial charge on any atom is 0.238 e. The molecule has 1 aliphatic rings. The zero-order valence-corrected chi connectivity index (χ0v) is 12.7. The van der Waals surface area contributed by atoms with Crippen molar-refractivity contribution in [3.05, 3.63) is 29.8 Å². The van der Waals surface area contributed by atoms with E-state index in [-0.39, 0.29) is 16.5 Å². The van der Waals surface area contributed by atoms with Crippen molar-refractivity contribution in [2.75, 3.05) is 13.7 Å². The van der Waals surface area contributed by atoms with Gasteiger partial charge in [-0.15, -0.1) is 0 Å². The van der Waals surface area contributed by atoms with E-state index in [0.717, 1.165) is 24.9 Å². The van der Waals surface area contributed by atoms with Crippen molar-refractivity contribution in [2.45, 2.75) is 42.7 Å². The Labute approximate surface area is 120 Å². The minimum Gasteiger partial charge on any atom is -0.377 e. The summed E-state index contributed by atoms with van der Waals surface area (Å²) in [4.78, 5) is 0.140. The number of rotatable bonds is 6. The third-order valence-corrected chi connectivity index (χ3v) is 5.07. The van der Waals surface area contributed by atoms with Gasteiger partial charge in [-0.2, -0.15) is 0 Å². The fraction of sp³-hybridized carbons (Fsp3) is 0.571. The highest BCUT2D eigenvalue weighted by Crippen LogP contribution is 2.34. The average Bonchev–Trinajstić information content (AvgIpc) is 2.37. The van der Waals surface area contributed by atoms with Crippen LogP contribution in [0.3, 0.4) is 0 Å². The second kappa shape index (κ2) is 5.81. The minimum absolute atomic E-state index is 0.0190. The van der Waals surface area contributed by atoms with Crippen LogP contribution in [0, 0.1) is 0 Å². The van der Waals surface area contributed by atoms with Gasteiger partial charge in [0.15, 0.2) is 0 Å². The number of ether oxygens (including phenoxy) is 1. The molecule has 0 aliphatic heterocycles. The molecule has 0 saturated heterocycles. The summed E-state index contributed by atoms with van der Waals surface area (Å²) in [5.74, 6) is 0. The van der Waals surface area contributed by atoms with Gasteiger partial charge >= 0.3 is 0 Å². The van der Waals surface area contributed by atoms with Crippen LogP contribution in [0.5, 0.6) is 0 Å². The van der Waals surface area contributed by atoms with Crippen LogP contribution < -0.4 is 10.5 Å². The molecule has 1 aliphatic carbocycles. The topological polar surface area (TPSA) is 81.4 Å². The Balaban J connectivity index is 1.97. The zero-order chi connectivity index (χ0) is 14.8. The van der Waals surface area contributed by atoms with Crippen LogP contribution in [0.25, 0.3) is 0 Å². The average molecular weight is 298 g/mol. The first-order valence-electron chi connectivity index (χ1n) is 6.78. The van der Waals surface area contributed by atoms with Gasteiger partial charge in [-0.25, -0.2) is 13.6 Å². The molecular formula is C14H22N2O3S. The molecule has 6 heteroatoms. The van der Waals surface area contributed by atoms with Gasteiger partial charge in [0.1, 0.15) is 0 Å². The van der Waals surface area contributed by atoms with Gasteiger partial charge in [0, 0.05) is 19.7 Å². The summed E-state index contributed by atoms with van der Waals surface area (Å²) >= 11 is 0. The Hall–Kier alpha value is -0.950. The number of primary sulfonamides is 1. The number of nitrogens with one attached hydrogen (secondary N) is 1. The zero-order valence-electron chi connectivity index (χ0n) is 11.9. The van der Waals surface area contributed by atoms with Crippen LogP contribution in [0.2, 0.25) is 0 Å². The van der Waals surface area contributed by atoms with E-state index in [4.69, 9.17) is 9.88 Å². The van der Waals surface area contributed by atoms with Crippen LogP contribution in [-0.4, -0.2) is 27.7 Å². The normalized spacial score (nSPS) is 19.4. The Morgan fingerprint density at radius 1 is 1.35 bits per heavy atom. The molecule has 20 heavy (non-hydrogen) atoms. The highest BCUT2D eigenvalue weighted by molar-refractivity contribution is 7.89. The molecule has 1 atom stereocenters. The third kappa shape index (κ3) is 3.38. The summed E-state index contributed by atoms with van der Waals surface area (Å²) in [6.07, 6.45) is 3.40. The molecule has 0 heterocycles. The summed E-state index contributed by atoms with van der Waals surface area (Å²) in [5, 5.41) is 8.53. The summed E-state index contributed by atoms with van der Waals surface area (Å²) < 4.78 is 28.0.